The van der Waals surface area contributed by atoms with E-state index in [1.54, 1.807) is 26.2 Å². The summed E-state index contributed by atoms with van der Waals surface area (Å²) in [5, 5.41) is 0. The van der Waals surface area contributed by atoms with Gasteiger partial charge in [-0.1, -0.05) is 60.7 Å². The fourth-order valence-corrected chi connectivity index (χ4v) is 4.28. The number of hydrogen-bond donors (Lipinski definition) is 0. The third-order valence-electron chi connectivity index (χ3n) is 6.41. The van der Waals surface area contributed by atoms with E-state index < -0.39 is 0 Å². The first-order valence-electron chi connectivity index (χ1n) is 12.2. The van der Waals surface area contributed by atoms with Gasteiger partial charge in [-0.2, -0.15) is 0 Å². The Hall–Kier alpha value is -4.10. The highest BCUT2D eigenvalue weighted by Gasteiger charge is 2.23. The zero-order valence-corrected chi connectivity index (χ0v) is 21.8. The minimum absolute atomic E-state index is 0.0453. The molecule has 7 nitrogen and oxygen atoms in total. The zero-order valence-electron chi connectivity index (χ0n) is 21.8. The molecule has 0 radical (unpaired) electrons. The van der Waals surface area contributed by atoms with Gasteiger partial charge in [0.1, 0.15) is 17.8 Å². The van der Waals surface area contributed by atoms with Gasteiger partial charge in [0.15, 0.2) is 5.69 Å². The molecule has 37 heavy (non-hydrogen) atoms. The van der Waals surface area contributed by atoms with Gasteiger partial charge in [-0.05, 0) is 36.2 Å². The van der Waals surface area contributed by atoms with Gasteiger partial charge in [-0.3, -0.25) is 9.69 Å². The molecule has 0 saturated carbocycles. The van der Waals surface area contributed by atoms with Crippen molar-refractivity contribution >= 4 is 5.91 Å². The molecule has 4 rings (SSSR count). The highest BCUT2D eigenvalue weighted by Crippen LogP contribution is 2.30. The Balaban J connectivity index is 1.55. The summed E-state index contributed by atoms with van der Waals surface area (Å²) in [4.78, 5) is 21.4. The Bertz CT molecular complexity index is 1290. The van der Waals surface area contributed by atoms with E-state index in [1.807, 2.05) is 66.7 Å². The molecule has 0 unspecified atom stereocenters. The fourth-order valence-electron chi connectivity index (χ4n) is 4.28. The molecule has 0 bridgehead atoms. The number of ether oxygens (including phenoxy) is 2. The molecule has 1 atom stereocenters. The summed E-state index contributed by atoms with van der Waals surface area (Å²) < 4.78 is 16.9. The average molecular weight is 500 g/mol. The number of oxazole rings is 1. The molecule has 0 aliphatic carbocycles. The normalized spacial score (nSPS) is 11.8. The first-order valence-corrected chi connectivity index (χ1v) is 12.2. The molecule has 1 aromatic heterocycles. The van der Waals surface area contributed by atoms with Crippen LogP contribution < -0.4 is 9.47 Å². The standard InChI is InChI=1S/C30H33N3O4/c1-22(24-13-9-6-10-14-24)33(19-25-17-26(35-3)15-16-28(25)36-4)20-29-31-27(21-37-29)30(34)32(2)18-23-11-7-5-8-12-23/h5-17,21-22H,18-20H2,1-4H3/t22-/m1/s1. The van der Waals surface area contributed by atoms with Crippen LogP contribution in [0, 0.1) is 0 Å². The maximum absolute atomic E-state index is 13.0. The predicted molar refractivity (Wildman–Crippen MR) is 142 cm³/mol. The lowest BCUT2D eigenvalue weighted by atomic mass is 10.1. The van der Waals surface area contributed by atoms with Crippen molar-refractivity contribution < 1.29 is 18.7 Å². The molecule has 3 aromatic carbocycles. The second kappa shape index (κ2) is 12.2. The lowest BCUT2D eigenvalue weighted by Crippen LogP contribution is -2.28. The summed E-state index contributed by atoms with van der Waals surface area (Å²) in [5.74, 6) is 1.82. The minimum atomic E-state index is -0.184. The van der Waals surface area contributed by atoms with Crippen LogP contribution in [0.15, 0.2) is 89.5 Å². The number of methoxy groups -OCH3 is 2. The van der Waals surface area contributed by atoms with Crippen LogP contribution in [-0.2, 0) is 19.6 Å². The summed E-state index contributed by atoms with van der Waals surface area (Å²) >= 11 is 0. The fraction of sp³-hybridized carbons (Fsp3) is 0.267. The van der Waals surface area contributed by atoms with Crippen LogP contribution in [0.1, 0.15) is 46.0 Å². The molecule has 0 saturated heterocycles. The number of nitrogens with zero attached hydrogens (tertiary/aromatic N) is 3. The van der Waals surface area contributed by atoms with Crippen LogP contribution in [0.2, 0.25) is 0 Å². The number of amides is 1. The lowest BCUT2D eigenvalue weighted by Gasteiger charge is -2.29. The second-order valence-electron chi connectivity index (χ2n) is 8.94. The number of carbonyl (C=O) groups excluding carboxylic acids is 1. The third kappa shape index (κ3) is 6.57. The molecule has 0 N–H and O–H groups in total. The first kappa shape index (κ1) is 26.0. The van der Waals surface area contributed by atoms with E-state index in [-0.39, 0.29) is 11.9 Å². The molecule has 4 aromatic rings. The van der Waals surface area contributed by atoms with E-state index in [1.165, 1.54) is 6.26 Å². The molecule has 1 heterocycles. The Kier molecular flexibility index (Phi) is 8.59. The average Bonchev–Trinajstić information content (AvgIpc) is 3.41. The number of rotatable bonds is 11. The maximum Gasteiger partial charge on any atom is 0.275 e. The topological polar surface area (TPSA) is 68.0 Å². The van der Waals surface area contributed by atoms with Gasteiger partial charge in [0.25, 0.3) is 5.91 Å². The second-order valence-corrected chi connectivity index (χ2v) is 8.94. The maximum atomic E-state index is 13.0. The van der Waals surface area contributed by atoms with Crippen molar-refractivity contribution in [2.24, 2.45) is 0 Å². The van der Waals surface area contributed by atoms with Crippen LogP contribution in [0.3, 0.4) is 0 Å². The molecule has 0 aliphatic rings. The largest absolute Gasteiger partial charge is 0.497 e. The van der Waals surface area contributed by atoms with E-state index in [9.17, 15) is 4.79 Å². The molecule has 192 valence electrons. The van der Waals surface area contributed by atoms with Gasteiger partial charge in [0, 0.05) is 31.7 Å². The van der Waals surface area contributed by atoms with Crippen LogP contribution in [-0.4, -0.2) is 42.0 Å². The van der Waals surface area contributed by atoms with Crippen LogP contribution in [0.5, 0.6) is 11.5 Å². The summed E-state index contributed by atoms with van der Waals surface area (Å²) in [6, 6.07) is 25.9. The Morgan fingerprint density at radius 1 is 0.919 bits per heavy atom. The third-order valence-corrected chi connectivity index (χ3v) is 6.41. The highest BCUT2D eigenvalue weighted by atomic mass is 16.5. The molecular weight excluding hydrogens is 466 g/mol. The van der Waals surface area contributed by atoms with Crippen molar-refractivity contribution in [3.63, 3.8) is 0 Å². The number of carbonyl (C=O) groups is 1. The molecule has 0 fully saturated rings. The quantitative estimate of drug-likeness (QED) is 0.263. The Morgan fingerprint density at radius 2 is 1.62 bits per heavy atom. The number of hydrogen-bond acceptors (Lipinski definition) is 6. The monoisotopic (exact) mass is 499 g/mol. The molecule has 1 amide bonds. The van der Waals surface area contributed by atoms with E-state index >= 15 is 0 Å². The van der Waals surface area contributed by atoms with Gasteiger partial charge in [-0.15, -0.1) is 0 Å². The minimum Gasteiger partial charge on any atom is -0.497 e. The lowest BCUT2D eigenvalue weighted by molar-refractivity contribution is 0.0779. The molecule has 7 heteroatoms. The summed E-state index contributed by atoms with van der Waals surface area (Å²) in [6.45, 7) is 3.61. The summed E-state index contributed by atoms with van der Waals surface area (Å²) in [6.07, 6.45) is 1.44. The first-order chi connectivity index (χ1) is 18.0. The predicted octanol–water partition coefficient (Wildman–Crippen LogP) is 5.73. The Labute approximate surface area is 218 Å². The van der Waals surface area contributed by atoms with Crippen molar-refractivity contribution in [2.45, 2.75) is 32.6 Å². The van der Waals surface area contributed by atoms with Crippen LogP contribution in [0.25, 0.3) is 0 Å². The summed E-state index contributed by atoms with van der Waals surface area (Å²) in [5.41, 5.74) is 3.49. The van der Waals surface area contributed by atoms with E-state index in [0.717, 1.165) is 28.2 Å². The molecule has 0 aliphatic heterocycles. The highest BCUT2D eigenvalue weighted by molar-refractivity contribution is 5.91. The SMILES string of the molecule is COc1ccc(OC)c(CN(Cc2nc(C(=O)N(C)Cc3ccccc3)co2)[C@H](C)c2ccccc2)c1. The van der Waals surface area contributed by atoms with Crippen molar-refractivity contribution in [3.05, 3.63) is 113 Å². The van der Waals surface area contributed by atoms with Crippen LogP contribution in [0.4, 0.5) is 0 Å². The van der Waals surface area contributed by atoms with Gasteiger partial charge >= 0.3 is 0 Å². The van der Waals surface area contributed by atoms with Crippen molar-refractivity contribution in [1.82, 2.24) is 14.8 Å². The number of aromatic nitrogens is 1. The summed E-state index contributed by atoms with van der Waals surface area (Å²) in [7, 11) is 5.08. The smallest absolute Gasteiger partial charge is 0.275 e. The molecule has 0 spiro atoms. The van der Waals surface area contributed by atoms with E-state index in [4.69, 9.17) is 13.9 Å². The van der Waals surface area contributed by atoms with E-state index in [2.05, 4.69) is 28.9 Å². The van der Waals surface area contributed by atoms with Gasteiger partial charge in [0.2, 0.25) is 5.89 Å². The van der Waals surface area contributed by atoms with Crippen LogP contribution >= 0.6 is 0 Å². The zero-order chi connectivity index (χ0) is 26.2. The van der Waals surface area contributed by atoms with Crippen molar-refractivity contribution in [3.8, 4) is 11.5 Å². The Morgan fingerprint density at radius 3 is 2.30 bits per heavy atom. The van der Waals surface area contributed by atoms with Gasteiger partial charge in [0.05, 0.1) is 20.8 Å². The van der Waals surface area contributed by atoms with Crippen molar-refractivity contribution in [2.75, 3.05) is 21.3 Å². The van der Waals surface area contributed by atoms with E-state index in [0.29, 0.717) is 31.2 Å². The molecular formula is C30H33N3O4. The van der Waals surface area contributed by atoms with Crippen molar-refractivity contribution in [1.29, 1.82) is 0 Å². The number of benzene rings is 3. The van der Waals surface area contributed by atoms with Gasteiger partial charge < -0.3 is 18.8 Å². The van der Waals surface area contributed by atoms with Gasteiger partial charge in [-0.25, -0.2) is 4.98 Å².